The minimum atomic E-state index is -0.980. The molecule has 2 amide bonds. The van der Waals surface area contributed by atoms with E-state index in [-0.39, 0.29) is 5.91 Å². The molecular formula is C12H18N6O3. The fourth-order valence-corrected chi connectivity index (χ4v) is 2.50. The number of hydroxylamine groups is 1. The van der Waals surface area contributed by atoms with Crippen molar-refractivity contribution in [2.75, 3.05) is 13.6 Å². The molecule has 2 rings (SSSR count). The van der Waals surface area contributed by atoms with Crippen molar-refractivity contribution in [1.29, 1.82) is 0 Å². The molecule has 1 aliphatic rings. The second-order valence-corrected chi connectivity index (χ2v) is 4.57. The third kappa shape index (κ3) is 2.67. The van der Waals surface area contributed by atoms with Gasteiger partial charge in [-0.25, -0.2) is 10.3 Å². The van der Waals surface area contributed by atoms with Crippen molar-refractivity contribution in [3.63, 3.8) is 0 Å². The summed E-state index contributed by atoms with van der Waals surface area (Å²) in [7, 11) is 3.33. The standard InChI is InChI=1S/C12H18N6O3/c1-4-18-8(19)5-7-6-15-17(3)9(7)10(18)11(14-2)16-21-12(13)20/h6,10H,4-5H2,1-3H3,(H2,13,20)(H,14,16)/t10-/m0/s1. The third-order valence-corrected chi connectivity index (χ3v) is 3.39. The first-order valence-electron chi connectivity index (χ1n) is 6.48. The fraction of sp³-hybridized carbons (Fsp3) is 0.500. The molecule has 3 N–H and O–H groups in total. The first-order chi connectivity index (χ1) is 9.99. The maximum Gasteiger partial charge on any atom is 0.428 e. The molecule has 0 saturated heterocycles. The Balaban J connectivity index is 2.43. The summed E-state index contributed by atoms with van der Waals surface area (Å²) in [5, 5.41) is 4.19. The lowest BCUT2D eigenvalue weighted by Gasteiger charge is -2.35. The summed E-state index contributed by atoms with van der Waals surface area (Å²) in [4.78, 5) is 33.3. The highest BCUT2D eigenvalue weighted by Crippen LogP contribution is 2.30. The number of aromatic nitrogens is 2. The number of amidine groups is 1. The molecule has 1 atom stereocenters. The molecule has 0 aliphatic carbocycles. The summed E-state index contributed by atoms with van der Waals surface area (Å²) in [6.45, 7) is 2.36. The van der Waals surface area contributed by atoms with Crippen molar-refractivity contribution in [3.8, 4) is 0 Å². The van der Waals surface area contributed by atoms with Crippen LogP contribution in [0, 0.1) is 0 Å². The lowest BCUT2D eigenvalue weighted by molar-refractivity contribution is -0.132. The Morgan fingerprint density at radius 1 is 1.67 bits per heavy atom. The SMILES string of the molecule is CCN1C(=O)Cc2cnn(C)c2[C@H]1C(=NC)NOC(N)=O. The number of carbonyl (C=O) groups is 2. The molecule has 0 saturated carbocycles. The van der Waals surface area contributed by atoms with Gasteiger partial charge in [-0.2, -0.15) is 5.10 Å². The van der Waals surface area contributed by atoms with Crippen LogP contribution in [-0.4, -0.2) is 46.1 Å². The van der Waals surface area contributed by atoms with Crippen molar-refractivity contribution in [3.05, 3.63) is 17.5 Å². The van der Waals surface area contributed by atoms with Crippen LogP contribution in [0.15, 0.2) is 11.2 Å². The Hall–Kier alpha value is -2.58. The summed E-state index contributed by atoms with van der Waals surface area (Å²) in [6.07, 6.45) is 0.975. The van der Waals surface area contributed by atoms with Gasteiger partial charge in [0.1, 0.15) is 6.04 Å². The number of likely N-dealkylation sites (N-methyl/N-ethyl adjacent to an activating group) is 1. The molecule has 1 aromatic rings. The van der Waals surface area contributed by atoms with E-state index in [2.05, 4.69) is 20.4 Å². The molecule has 21 heavy (non-hydrogen) atoms. The van der Waals surface area contributed by atoms with Crippen molar-refractivity contribution in [1.82, 2.24) is 20.2 Å². The molecule has 0 fully saturated rings. The molecule has 114 valence electrons. The van der Waals surface area contributed by atoms with Crippen molar-refractivity contribution < 1.29 is 14.4 Å². The number of rotatable bonds is 2. The summed E-state index contributed by atoms with van der Waals surface area (Å²) in [5.74, 6) is 0.276. The van der Waals surface area contributed by atoms with E-state index in [9.17, 15) is 9.59 Å². The zero-order valence-electron chi connectivity index (χ0n) is 12.2. The summed E-state index contributed by atoms with van der Waals surface area (Å²) >= 11 is 0. The number of carbonyl (C=O) groups excluding carboxylic acids is 2. The van der Waals surface area contributed by atoms with Crippen LogP contribution in [0.4, 0.5) is 4.79 Å². The molecule has 1 aliphatic heterocycles. The van der Waals surface area contributed by atoms with Crippen LogP contribution in [0.1, 0.15) is 24.2 Å². The second kappa shape index (κ2) is 5.81. The van der Waals surface area contributed by atoms with E-state index in [1.807, 2.05) is 6.92 Å². The Kier molecular flexibility index (Phi) is 4.10. The fourth-order valence-electron chi connectivity index (χ4n) is 2.50. The zero-order chi connectivity index (χ0) is 15.6. The number of fused-ring (bicyclic) bond motifs is 1. The van der Waals surface area contributed by atoms with Crippen LogP contribution < -0.4 is 11.2 Å². The third-order valence-electron chi connectivity index (χ3n) is 3.39. The highest BCUT2D eigenvalue weighted by atomic mass is 16.7. The average molecular weight is 294 g/mol. The van der Waals surface area contributed by atoms with Gasteiger partial charge in [0.25, 0.3) is 0 Å². The average Bonchev–Trinajstić information content (AvgIpc) is 2.79. The number of hydrogen-bond donors (Lipinski definition) is 2. The molecule has 2 heterocycles. The molecule has 0 spiro atoms. The van der Waals surface area contributed by atoms with Crippen LogP contribution in [-0.2, 0) is 23.1 Å². The van der Waals surface area contributed by atoms with Gasteiger partial charge in [0.15, 0.2) is 5.84 Å². The van der Waals surface area contributed by atoms with Gasteiger partial charge in [0, 0.05) is 26.2 Å². The molecule has 1 aromatic heterocycles. The lowest BCUT2D eigenvalue weighted by Crippen LogP contribution is -2.48. The minimum Gasteiger partial charge on any atom is -0.333 e. The molecule has 0 bridgehead atoms. The normalized spacial score (nSPS) is 18.4. The highest BCUT2D eigenvalue weighted by molar-refractivity contribution is 5.94. The van der Waals surface area contributed by atoms with E-state index in [0.717, 1.165) is 11.3 Å². The Morgan fingerprint density at radius 2 is 2.38 bits per heavy atom. The first-order valence-corrected chi connectivity index (χ1v) is 6.48. The molecule has 9 heteroatoms. The summed E-state index contributed by atoms with van der Waals surface area (Å²) in [5.41, 5.74) is 9.03. The number of nitrogens with one attached hydrogen (secondary N) is 1. The van der Waals surface area contributed by atoms with Crippen molar-refractivity contribution in [2.24, 2.45) is 17.8 Å². The monoisotopic (exact) mass is 294 g/mol. The second-order valence-electron chi connectivity index (χ2n) is 4.57. The van der Waals surface area contributed by atoms with E-state index >= 15 is 0 Å². The number of nitrogens with zero attached hydrogens (tertiary/aromatic N) is 4. The van der Waals surface area contributed by atoms with E-state index in [0.29, 0.717) is 18.8 Å². The van der Waals surface area contributed by atoms with Crippen molar-refractivity contribution in [2.45, 2.75) is 19.4 Å². The van der Waals surface area contributed by atoms with Crippen LogP contribution in [0.3, 0.4) is 0 Å². The number of hydrogen-bond acceptors (Lipinski definition) is 5. The molecule has 0 unspecified atom stereocenters. The Labute approximate surface area is 121 Å². The topological polar surface area (TPSA) is 115 Å². The van der Waals surface area contributed by atoms with Gasteiger partial charge in [0.05, 0.1) is 18.3 Å². The first kappa shape index (κ1) is 14.8. The van der Waals surface area contributed by atoms with Gasteiger partial charge in [-0.3, -0.25) is 14.5 Å². The zero-order valence-corrected chi connectivity index (χ0v) is 12.2. The maximum atomic E-state index is 12.2. The van der Waals surface area contributed by atoms with E-state index < -0.39 is 12.1 Å². The van der Waals surface area contributed by atoms with Gasteiger partial charge in [0.2, 0.25) is 5.91 Å². The quantitative estimate of drug-likeness (QED) is 0.433. The maximum absolute atomic E-state index is 12.2. The Bertz CT molecular complexity index is 594. The molecule has 0 radical (unpaired) electrons. The van der Waals surface area contributed by atoms with Gasteiger partial charge < -0.3 is 15.5 Å². The van der Waals surface area contributed by atoms with E-state index in [1.54, 1.807) is 22.8 Å². The van der Waals surface area contributed by atoms with Crippen molar-refractivity contribution >= 4 is 17.8 Å². The Morgan fingerprint density at radius 3 is 2.95 bits per heavy atom. The highest BCUT2D eigenvalue weighted by Gasteiger charge is 2.38. The smallest absolute Gasteiger partial charge is 0.333 e. The van der Waals surface area contributed by atoms with Crippen LogP contribution in [0.5, 0.6) is 0 Å². The largest absolute Gasteiger partial charge is 0.428 e. The summed E-state index contributed by atoms with van der Waals surface area (Å²) in [6, 6.07) is -0.497. The van der Waals surface area contributed by atoms with Crippen LogP contribution in [0.25, 0.3) is 0 Å². The molecular weight excluding hydrogens is 276 g/mol. The molecule has 0 aromatic carbocycles. The van der Waals surface area contributed by atoms with Crippen LogP contribution in [0.2, 0.25) is 0 Å². The molecule has 9 nitrogen and oxygen atoms in total. The number of amides is 2. The van der Waals surface area contributed by atoms with Gasteiger partial charge >= 0.3 is 6.09 Å². The number of primary amides is 1. The predicted octanol–water partition coefficient (Wildman–Crippen LogP) is -0.506. The van der Waals surface area contributed by atoms with Gasteiger partial charge in [-0.15, -0.1) is 0 Å². The summed E-state index contributed by atoms with van der Waals surface area (Å²) < 4.78 is 1.69. The van der Waals surface area contributed by atoms with E-state index in [4.69, 9.17) is 5.73 Å². The number of nitrogens with two attached hydrogens (primary N) is 1. The predicted molar refractivity (Wildman–Crippen MR) is 74.2 cm³/mol. The number of aryl methyl sites for hydroxylation is 1. The van der Waals surface area contributed by atoms with Gasteiger partial charge in [-0.05, 0) is 6.92 Å². The number of aliphatic imine (C=N–C) groups is 1. The van der Waals surface area contributed by atoms with E-state index in [1.165, 1.54) is 7.05 Å². The van der Waals surface area contributed by atoms with Crippen LogP contribution >= 0.6 is 0 Å². The lowest BCUT2D eigenvalue weighted by atomic mass is 9.98. The van der Waals surface area contributed by atoms with Gasteiger partial charge in [-0.1, -0.05) is 0 Å². The minimum absolute atomic E-state index is 0.0370.